The zero-order valence-electron chi connectivity index (χ0n) is 8.57. The fourth-order valence-corrected chi connectivity index (χ4v) is 2.15. The summed E-state index contributed by atoms with van der Waals surface area (Å²) in [5, 5.41) is 0.731. The molecule has 0 atom stereocenters. The molecule has 2 nitrogen and oxygen atoms in total. The van der Waals surface area contributed by atoms with Crippen LogP contribution in [0.1, 0.15) is 19.2 Å². The van der Waals surface area contributed by atoms with E-state index < -0.39 is 0 Å². The number of imidazole rings is 1. The molecule has 0 aliphatic carbocycles. The Labute approximate surface area is 99.7 Å². The van der Waals surface area contributed by atoms with Crippen LogP contribution in [0.15, 0.2) is 18.2 Å². The van der Waals surface area contributed by atoms with Crippen LogP contribution in [0, 0.1) is 0 Å². The molecule has 2 rings (SSSR count). The minimum Gasteiger partial charge on any atom is -0.327 e. The molecule has 0 bridgehead atoms. The van der Waals surface area contributed by atoms with Crippen LogP contribution in [0.5, 0.6) is 0 Å². The highest BCUT2D eigenvalue weighted by Gasteiger charge is 2.08. The first-order valence-corrected chi connectivity index (χ1v) is 6.02. The number of halogens is 1. The van der Waals surface area contributed by atoms with E-state index in [0.29, 0.717) is 5.75 Å². The van der Waals surface area contributed by atoms with Gasteiger partial charge in [0.2, 0.25) is 0 Å². The Kier molecular flexibility index (Phi) is 3.22. The number of thiol groups is 1. The number of nitrogens with zero attached hydrogens (tertiary/aromatic N) is 2. The van der Waals surface area contributed by atoms with Crippen molar-refractivity contribution in [1.82, 2.24) is 9.55 Å². The molecule has 0 saturated heterocycles. The Morgan fingerprint density at radius 2 is 2.27 bits per heavy atom. The second kappa shape index (κ2) is 4.45. The Balaban J connectivity index is 2.63. The Morgan fingerprint density at radius 1 is 1.47 bits per heavy atom. The van der Waals surface area contributed by atoms with Gasteiger partial charge >= 0.3 is 0 Å². The summed E-state index contributed by atoms with van der Waals surface area (Å²) in [6, 6.07) is 5.82. The van der Waals surface area contributed by atoms with Gasteiger partial charge in [-0.2, -0.15) is 12.6 Å². The van der Waals surface area contributed by atoms with E-state index in [-0.39, 0.29) is 0 Å². The maximum Gasteiger partial charge on any atom is 0.119 e. The van der Waals surface area contributed by atoms with Crippen molar-refractivity contribution in [1.29, 1.82) is 0 Å². The van der Waals surface area contributed by atoms with Gasteiger partial charge in [-0.1, -0.05) is 18.5 Å². The normalized spacial score (nSPS) is 11.1. The first-order chi connectivity index (χ1) is 7.26. The van der Waals surface area contributed by atoms with Crippen LogP contribution >= 0.6 is 24.2 Å². The summed E-state index contributed by atoms with van der Waals surface area (Å²) >= 11 is 10.2. The second-order valence-electron chi connectivity index (χ2n) is 3.47. The van der Waals surface area contributed by atoms with Gasteiger partial charge in [-0.25, -0.2) is 4.98 Å². The average Bonchev–Trinajstić information content (AvgIpc) is 2.56. The minimum atomic E-state index is 0.659. The Bertz CT molecular complexity index is 479. The summed E-state index contributed by atoms with van der Waals surface area (Å²) in [5.41, 5.74) is 2.10. The first kappa shape index (κ1) is 10.8. The molecular formula is C11H13ClN2S. The molecule has 0 saturated carbocycles. The van der Waals surface area contributed by atoms with E-state index >= 15 is 0 Å². The third-order valence-corrected chi connectivity index (χ3v) is 2.90. The van der Waals surface area contributed by atoms with Gasteiger partial charge in [0.15, 0.2) is 0 Å². The molecule has 4 heteroatoms. The highest BCUT2D eigenvalue weighted by Crippen LogP contribution is 2.21. The lowest BCUT2D eigenvalue weighted by Gasteiger charge is -2.05. The molecule has 0 unspecified atom stereocenters. The van der Waals surface area contributed by atoms with Gasteiger partial charge in [0, 0.05) is 17.3 Å². The van der Waals surface area contributed by atoms with Crippen molar-refractivity contribution < 1.29 is 0 Å². The molecule has 1 aromatic heterocycles. The molecule has 0 fully saturated rings. The van der Waals surface area contributed by atoms with Crippen LogP contribution in [-0.2, 0) is 12.3 Å². The van der Waals surface area contributed by atoms with E-state index in [1.54, 1.807) is 0 Å². The minimum absolute atomic E-state index is 0.659. The van der Waals surface area contributed by atoms with Crippen LogP contribution in [-0.4, -0.2) is 9.55 Å². The smallest absolute Gasteiger partial charge is 0.119 e. The largest absolute Gasteiger partial charge is 0.327 e. The van der Waals surface area contributed by atoms with Crippen LogP contribution in [0.3, 0.4) is 0 Å². The second-order valence-corrected chi connectivity index (χ2v) is 4.22. The molecule has 15 heavy (non-hydrogen) atoms. The van der Waals surface area contributed by atoms with E-state index in [1.807, 2.05) is 18.2 Å². The van der Waals surface area contributed by atoms with Gasteiger partial charge in [0.1, 0.15) is 5.82 Å². The molecule has 0 N–H and O–H groups in total. The van der Waals surface area contributed by atoms with Gasteiger partial charge in [-0.15, -0.1) is 0 Å². The van der Waals surface area contributed by atoms with Gasteiger partial charge in [0.25, 0.3) is 0 Å². The zero-order valence-corrected chi connectivity index (χ0v) is 10.2. The van der Waals surface area contributed by atoms with Crippen molar-refractivity contribution >= 4 is 35.3 Å². The van der Waals surface area contributed by atoms with E-state index in [1.165, 1.54) is 0 Å². The number of aromatic nitrogens is 2. The van der Waals surface area contributed by atoms with Crippen LogP contribution in [0.4, 0.5) is 0 Å². The summed E-state index contributed by atoms with van der Waals surface area (Å²) in [7, 11) is 0. The number of rotatable bonds is 3. The van der Waals surface area contributed by atoms with Crippen LogP contribution < -0.4 is 0 Å². The van der Waals surface area contributed by atoms with Crippen LogP contribution in [0.25, 0.3) is 11.0 Å². The van der Waals surface area contributed by atoms with Crippen molar-refractivity contribution in [3.05, 3.63) is 29.0 Å². The van der Waals surface area contributed by atoms with Gasteiger partial charge in [-0.05, 0) is 24.6 Å². The van der Waals surface area contributed by atoms with Crippen molar-refractivity contribution in [2.45, 2.75) is 25.6 Å². The summed E-state index contributed by atoms with van der Waals surface area (Å²) in [6.07, 6.45) is 1.09. The summed E-state index contributed by atoms with van der Waals surface area (Å²) in [5.74, 6) is 1.67. The SMILES string of the molecule is CCCn1c(CS)nc2cc(Cl)ccc21. The van der Waals surface area contributed by atoms with Crippen molar-refractivity contribution in [2.24, 2.45) is 0 Å². The van der Waals surface area contributed by atoms with E-state index in [2.05, 4.69) is 29.1 Å². The van der Waals surface area contributed by atoms with E-state index in [0.717, 1.165) is 34.8 Å². The standard InChI is InChI=1S/C11H13ClN2S/c1-2-5-14-10-4-3-8(12)6-9(10)13-11(14)7-15/h3-4,6,15H,2,5,7H2,1H3. The highest BCUT2D eigenvalue weighted by atomic mass is 35.5. The van der Waals surface area contributed by atoms with Gasteiger partial charge in [-0.3, -0.25) is 0 Å². The fourth-order valence-electron chi connectivity index (χ4n) is 1.75. The summed E-state index contributed by atoms with van der Waals surface area (Å²) in [6.45, 7) is 3.14. The van der Waals surface area contributed by atoms with Crippen molar-refractivity contribution in [3.8, 4) is 0 Å². The zero-order chi connectivity index (χ0) is 10.8. The Morgan fingerprint density at radius 3 is 2.93 bits per heavy atom. The lowest BCUT2D eigenvalue weighted by Crippen LogP contribution is -2.01. The topological polar surface area (TPSA) is 17.8 Å². The van der Waals surface area contributed by atoms with Crippen LogP contribution in [0.2, 0.25) is 5.02 Å². The molecule has 1 heterocycles. The Hall–Kier alpha value is -0.670. The number of hydrogen-bond acceptors (Lipinski definition) is 2. The van der Waals surface area contributed by atoms with E-state index in [9.17, 15) is 0 Å². The van der Waals surface area contributed by atoms with Crippen molar-refractivity contribution in [3.63, 3.8) is 0 Å². The van der Waals surface area contributed by atoms with Gasteiger partial charge < -0.3 is 4.57 Å². The monoisotopic (exact) mass is 240 g/mol. The summed E-state index contributed by atoms with van der Waals surface area (Å²) < 4.78 is 2.21. The summed E-state index contributed by atoms with van der Waals surface area (Å²) in [4.78, 5) is 4.51. The van der Waals surface area contributed by atoms with Gasteiger partial charge in [0.05, 0.1) is 11.0 Å². The average molecular weight is 241 g/mol. The molecule has 80 valence electrons. The van der Waals surface area contributed by atoms with E-state index in [4.69, 9.17) is 11.6 Å². The molecule has 0 aliphatic rings. The maximum atomic E-state index is 5.93. The number of fused-ring (bicyclic) bond motifs is 1. The molecular weight excluding hydrogens is 228 g/mol. The maximum absolute atomic E-state index is 5.93. The lowest BCUT2D eigenvalue weighted by molar-refractivity contribution is 0.673. The third-order valence-electron chi connectivity index (χ3n) is 2.38. The molecule has 2 aromatic rings. The lowest BCUT2D eigenvalue weighted by atomic mass is 10.3. The predicted molar refractivity (Wildman–Crippen MR) is 67.7 cm³/mol. The predicted octanol–water partition coefficient (Wildman–Crippen LogP) is 3.53. The highest BCUT2D eigenvalue weighted by molar-refractivity contribution is 7.79. The molecule has 0 spiro atoms. The van der Waals surface area contributed by atoms with Crippen molar-refractivity contribution in [2.75, 3.05) is 0 Å². The molecule has 1 aromatic carbocycles. The molecule has 0 radical (unpaired) electrons. The first-order valence-electron chi connectivity index (χ1n) is 5.01. The number of hydrogen-bond donors (Lipinski definition) is 1. The number of aryl methyl sites for hydroxylation is 1. The molecule has 0 amide bonds. The number of benzene rings is 1. The molecule has 0 aliphatic heterocycles. The quantitative estimate of drug-likeness (QED) is 0.813. The fraction of sp³-hybridized carbons (Fsp3) is 0.364. The third kappa shape index (κ3) is 1.99.